The van der Waals surface area contributed by atoms with Crippen LogP contribution in [0.5, 0.6) is 0 Å². The molecule has 0 aliphatic carbocycles. The number of benzene rings is 2. The van der Waals surface area contributed by atoms with Crippen molar-refractivity contribution in [3.05, 3.63) is 59.2 Å². The lowest BCUT2D eigenvalue weighted by atomic mass is 10.0. The maximum absolute atomic E-state index is 12.5. The smallest absolute Gasteiger partial charge is 0.244 e. The van der Waals surface area contributed by atoms with Crippen molar-refractivity contribution in [3.63, 3.8) is 0 Å². The van der Waals surface area contributed by atoms with Crippen LogP contribution in [0.25, 0.3) is 0 Å². The van der Waals surface area contributed by atoms with E-state index in [1.807, 2.05) is 56.3 Å². The van der Waals surface area contributed by atoms with E-state index in [0.29, 0.717) is 5.92 Å². The van der Waals surface area contributed by atoms with E-state index in [2.05, 4.69) is 19.2 Å². The summed E-state index contributed by atoms with van der Waals surface area (Å²) in [6.07, 6.45) is 0. The number of carbonyl (C=O) groups excluding carboxylic acids is 2. The summed E-state index contributed by atoms with van der Waals surface area (Å²) in [5.41, 5.74) is 4.86. The van der Waals surface area contributed by atoms with Gasteiger partial charge in [0.1, 0.15) is 6.54 Å². The molecule has 0 heterocycles. The highest BCUT2D eigenvalue weighted by atomic mass is 16.2. The Balaban J connectivity index is 2.19. The van der Waals surface area contributed by atoms with Gasteiger partial charge >= 0.3 is 0 Å². The van der Waals surface area contributed by atoms with Crippen molar-refractivity contribution < 1.29 is 9.59 Å². The Hall–Kier alpha value is -2.62. The molecule has 0 atom stereocenters. The second-order valence-electron chi connectivity index (χ2n) is 6.66. The fraction of sp³-hybridized carbons (Fsp3) is 0.333. The number of amides is 2. The van der Waals surface area contributed by atoms with Gasteiger partial charge in [-0.2, -0.15) is 0 Å². The maximum Gasteiger partial charge on any atom is 0.244 e. The van der Waals surface area contributed by atoms with Crippen LogP contribution in [0.4, 0.5) is 11.4 Å². The van der Waals surface area contributed by atoms with Crippen molar-refractivity contribution in [1.82, 2.24) is 0 Å². The molecule has 0 aromatic heterocycles. The van der Waals surface area contributed by atoms with Crippen LogP contribution in [0.3, 0.4) is 0 Å². The molecule has 2 amide bonds. The van der Waals surface area contributed by atoms with E-state index >= 15 is 0 Å². The number of anilines is 2. The molecule has 2 rings (SSSR count). The third-order valence-corrected chi connectivity index (χ3v) is 4.34. The minimum atomic E-state index is -0.207. The molecule has 0 spiro atoms. The minimum absolute atomic E-state index is 0.00966. The zero-order valence-corrected chi connectivity index (χ0v) is 15.6. The van der Waals surface area contributed by atoms with E-state index in [-0.39, 0.29) is 18.4 Å². The first-order valence-corrected chi connectivity index (χ1v) is 8.53. The van der Waals surface area contributed by atoms with Crippen LogP contribution in [0.1, 0.15) is 43.4 Å². The van der Waals surface area contributed by atoms with Gasteiger partial charge in [0.2, 0.25) is 11.8 Å². The molecule has 25 heavy (non-hydrogen) atoms. The zero-order chi connectivity index (χ0) is 18.6. The first kappa shape index (κ1) is 18.7. The summed E-state index contributed by atoms with van der Waals surface area (Å²) in [6, 6.07) is 13.5. The Morgan fingerprint density at radius 2 is 1.72 bits per heavy atom. The van der Waals surface area contributed by atoms with Crippen LogP contribution in [-0.4, -0.2) is 18.4 Å². The molecule has 4 heteroatoms. The molecule has 4 nitrogen and oxygen atoms in total. The minimum Gasteiger partial charge on any atom is -0.324 e. The number of carbonyl (C=O) groups is 2. The molecule has 2 aromatic rings. The van der Waals surface area contributed by atoms with E-state index in [9.17, 15) is 9.59 Å². The first-order chi connectivity index (χ1) is 11.8. The first-order valence-electron chi connectivity index (χ1n) is 8.53. The fourth-order valence-corrected chi connectivity index (χ4v) is 2.73. The summed E-state index contributed by atoms with van der Waals surface area (Å²) < 4.78 is 0. The molecule has 0 radical (unpaired) electrons. The second-order valence-corrected chi connectivity index (χ2v) is 6.66. The van der Waals surface area contributed by atoms with Crippen molar-refractivity contribution in [1.29, 1.82) is 0 Å². The van der Waals surface area contributed by atoms with Crippen molar-refractivity contribution in [3.8, 4) is 0 Å². The van der Waals surface area contributed by atoms with E-state index in [1.165, 1.54) is 11.8 Å². The molecule has 0 saturated carbocycles. The Morgan fingerprint density at radius 1 is 1.04 bits per heavy atom. The van der Waals surface area contributed by atoms with Crippen LogP contribution < -0.4 is 10.2 Å². The number of rotatable bonds is 5. The summed E-state index contributed by atoms with van der Waals surface area (Å²) in [6.45, 7) is 9.65. The normalized spacial score (nSPS) is 10.6. The molecular formula is C21H26N2O2. The molecule has 0 aliphatic heterocycles. The highest BCUT2D eigenvalue weighted by Crippen LogP contribution is 2.24. The van der Waals surface area contributed by atoms with Crippen molar-refractivity contribution in [2.24, 2.45) is 0 Å². The second kappa shape index (κ2) is 7.97. The summed E-state index contributed by atoms with van der Waals surface area (Å²) in [5, 5.41) is 2.94. The van der Waals surface area contributed by atoms with Crippen LogP contribution >= 0.6 is 0 Å². The zero-order valence-electron chi connectivity index (χ0n) is 15.6. The third kappa shape index (κ3) is 4.69. The Labute approximate surface area is 149 Å². The van der Waals surface area contributed by atoms with Gasteiger partial charge < -0.3 is 10.2 Å². The lowest BCUT2D eigenvalue weighted by molar-refractivity contribution is -0.120. The monoisotopic (exact) mass is 338 g/mol. The van der Waals surface area contributed by atoms with Crippen LogP contribution in [0.15, 0.2) is 42.5 Å². The Kier molecular flexibility index (Phi) is 5.97. The van der Waals surface area contributed by atoms with Gasteiger partial charge in [-0.25, -0.2) is 0 Å². The summed E-state index contributed by atoms with van der Waals surface area (Å²) in [7, 11) is 0. The largest absolute Gasteiger partial charge is 0.324 e. The quantitative estimate of drug-likeness (QED) is 0.877. The molecule has 0 aliphatic rings. The van der Waals surface area contributed by atoms with Gasteiger partial charge in [0.25, 0.3) is 0 Å². The highest BCUT2D eigenvalue weighted by molar-refractivity contribution is 6.02. The number of hydrogen-bond donors (Lipinski definition) is 1. The summed E-state index contributed by atoms with van der Waals surface area (Å²) in [4.78, 5) is 26.1. The highest BCUT2D eigenvalue weighted by Gasteiger charge is 2.17. The van der Waals surface area contributed by atoms with Gasteiger partial charge in [-0.05, 0) is 54.7 Å². The molecule has 0 bridgehead atoms. The fourth-order valence-electron chi connectivity index (χ4n) is 2.73. The van der Waals surface area contributed by atoms with Gasteiger partial charge in [0, 0.05) is 18.3 Å². The van der Waals surface area contributed by atoms with E-state index in [0.717, 1.165) is 28.1 Å². The number of nitrogens with one attached hydrogen (secondary N) is 1. The number of hydrogen-bond acceptors (Lipinski definition) is 2. The van der Waals surface area contributed by atoms with E-state index in [4.69, 9.17) is 0 Å². The molecular weight excluding hydrogens is 312 g/mol. The number of nitrogens with zero attached hydrogens (tertiary/aromatic N) is 1. The van der Waals surface area contributed by atoms with Crippen LogP contribution in [-0.2, 0) is 9.59 Å². The predicted octanol–water partition coefficient (Wildman–Crippen LogP) is 4.42. The molecule has 132 valence electrons. The third-order valence-electron chi connectivity index (χ3n) is 4.34. The van der Waals surface area contributed by atoms with Gasteiger partial charge in [0.05, 0.1) is 0 Å². The summed E-state index contributed by atoms with van der Waals surface area (Å²) in [5.74, 6) is -0.0581. The Bertz CT molecular complexity index is 781. The van der Waals surface area contributed by atoms with Gasteiger partial charge in [-0.3, -0.25) is 9.59 Å². The lowest BCUT2D eigenvalue weighted by Crippen LogP contribution is -2.36. The van der Waals surface area contributed by atoms with E-state index < -0.39 is 0 Å². The Morgan fingerprint density at radius 3 is 2.32 bits per heavy atom. The van der Waals surface area contributed by atoms with Crippen molar-refractivity contribution >= 4 is 23.2 Å². The number of para-hydroxylation sites is 1. The SMILES string of the molecule is CC(=O)N(CC(=O)Nc1ccccc1C(C)C)c1ccc(C)c(C)c1. The maximum atomic E-state index is 12.5. The van der Waals surface area contributed by atoms with Crippen LogP contribution in [0, 0.1) is 13.8 Å². The average molecular weight is 338 g/mol. The summed E-state index contributed by atoms with van der Waals surface area (Å²) >= 11 is 0. The van der Waals surface area contributed by atoms with Gasteiger partial charge in [-0.1, -0.05) is 38.1 Å². The molecule has 0 unspecified atom stereocenters. The average Bonchev–Trinajstić information content (AvgIpc) is 2.55. The predicted molar refractivity (Wildman–Crippen MR) is 103 cm³/mol. The van der Waals surface area contributed by atoms with E-state index in [1.54, 1.807) is 0 Å². The molecule has 1 N–H and O–H groups in total. The van der Waals surface area contributed by atoms with Gasteiger partial charge in [-0.15, -0.1) is 0 Å². The van der Waals surface area contributed by atoms with Crippen molar-refractivity contribution in [2.45, 2.75) is 40.5 Å². The molecule has 0 saturated heterocycles. The standard InChI is InChI=1S/C21H26N2O2/c1-14(2)19-8-6-7-9-20(19)22-21(25)13-23(17(5)24)18-11-10-15(3)16(4)12-18/h6-12,14H,13H2,1-5H3,(H,22,25). The van der Waals surface area contributed by atoms with Gasteiger partial charge in [0.15, 0.2) is 0 Å². The number of aryl methyl sites for hydroxylation is 2. The van der Waals surface area contributed by atoms with Crippen LogP contribution in [0.2, 0.25) is 0 Å². The van der Waals surface area contributed by atoms with Crippen molar-refractivity contribution in [2.75, 3.05) is 16.8 Å². The lowest BCUT2D eigenvalue weighted by Gasteiger charge is -2.22. The molecule has 2 aromatic carbocycles. The topological polar surface area (TPSA) is 49.4 Å². The molecule has 0 fully saturated rings.